The Bertz CT molecular complexity index is 3120. The van der Waals surface area contributed by atoms with Crippen molar-refractivity contribution in [1.82, 2.24) is 26.2 Å². The van der Waals surface area contributed by atoms with Crippen molar-refractivity contribution < 1.29 is 100 Å². The van der Waals surface area contributed by atoms with Crippen molar-refractivity contribution in [3.63, 3.8) is 0 Å². The summed E-state index contributed by atoms with van der Waals surface area (Å²) in [4.78, 5) is 104. The van der Waals surface area contributed by atoms with E-state index in [1.807, 2.05) is 0 Å². The smallest absolute Gasteiger partial charge is 0.407 e. The van der Waals surface area contributed by atoms with Gasteiger partial charge in [-0.25, -0.2) is 9.59 Å². The molecular weight excluding hydrogens is 1300 g/mol. The van der Waals surface area contributed by atoms with Gasteiger partial charge in [0.25, 0.3) is 11.8 Å². The predicted molar refractivity (Wildman–Crippen MR) is 357 cm³/mol. The number of nitrogens with zero attached hydrogens (tertiary/aromatic N) is 1. The number of rotatable bonds is 27. The lowest BCUT2D eigenvalue weighted by Gasteiger charge is -2.70. The molecule has 0 spiro atoms. The summed E-state index contributed by atoms with van der Waals surface area (Å²) in [7, 11) is 3.17. The van der Waals surface area contributed by atoms with Crippen LogP contribution in [0.15, 0.2) is 60.7 Å². The molecule has 22 atom stereocenters. The van der Waals surface area contributed by atoms with E-state index in [0.717, 1.165) is 35.3 Å². The highest BCUT2D eigenvalue weighted by Gasteiger charge is 2.73. The number of imide groups is 1. The SMILES string of the molecule is C=C1C[C@@H]2CC[C@@]3(O)C[C@H]4OC5C6[C@@H](O3)[C@H]3O[C@H](CC[C@@H]3O[C@H]6[C@@H]54)CC(=O)C[C@@H]3[C@@H](OC)[C@@H](C[C@@H](CNC(=O)OCc4ccc(NC(=O)[C@H](CCCNC(N)=O)NC(=O)[C@@H](NC(=O)CCOCCOCCN5C(=O)C=CC5=O)C(C)C)cc4)OC)O[C@H]3C[C@H]3O[C@@H](CC[C@@H]1O2)C[C@@H](C)C3=C. The Labute approximate surface area is 584 Å². The molecule has 8 N–H and O–H groups in total. The average Bonchev–Trinajstić information content (AvgIpc) is 0.852. The number of ketones is 1. The first-order chi connectivity index (χ1) is 48.0. The number of anilines is 1. The molecule has 11 heterocycles. The molecule has 13 bridgehead atoms. The van der Waals surface area contributed by atoms with Gasteiger partial charge in [0.2, 0.25) is 17.7 Å². The largest absolute Gasteiger partial charge is 0.445 e. The molecule has 1 aromatic carbocycles. The molecule has 11 aliphatic heterocycles. The maximum Gasteiger partial charge on any atom is 0.407 e. The van der Waals surface area contributed by atoms with Crippen LogP contribution in [0.25, 0.3) is 0 Å². The Morgan fingerprint density at radius 3 is 2.20 bits per heavy atom. The van der Waals surface area contributed by atoms with Crippen LogP contribution in [0.1, 0.15) is 129 Å². The second kappa shape index (κ2) is 33.9. The number of nitrogens with one attached hydrogen (secondary N) is 5. The molecule has 28 heteroatoms. The van der Waals surface area contributed by atoms with Crippen molar-refractivity contribution in [2.75, 3.05) is 65.6 Å². The monoisotopic (exact) mass is 1400 g/mol. The van der Waals surface area contributed by atoms with Crippen LogP contribution in [0, 0.1) is 29.6 Å². The summed E-state index contributed by atoms with van der Waals surface area (Å²) in [5.41, 5.74) is 8.25. The minimum Gasteiger partial charge on any atom is -0.445 e. The van der Waals surface area contributed by atoms with E-state index in [1.165, 1.54) is 12.2 Å². The molecule has 0 radical (unpaired) electrons. The van der Waals surface area contributed by atoms with Gasteiger partial charge >= 0.3 is 12.1 Å². The lowest BCUT2D eigenvalue weighted by atomic mass is 9.56. The minimum absolute atomic E-state index is 0.00719. The van der Waals surface area contributed by atoms with Gasteiger partial charge in [-0.15, -0.1) is 0 Å². The second-order valence-electron chi connectivity index (χ2n) is 29.1. The molecule has 10 saturated heterocycles. The summed E-state index contributed by atoms with van der Waals surface area (Å²) >= 11 is 0. The van der Waals surface area contributed by atoms with E-state index in [0.29, 0.717) is 62.6 Å². The van der Waals surface area contributed by atoms with Crippen LogP contribution in [0.4, 0.5) is 15.3 Å². The lowest BCUT2D eigenvalue weighted by Crippen LogP contribution is -2.81. The number of hydrogen-bond acceptors (Lipinski definition) is 21. The molecule has 552 valence electrons. The molecule has 11 fully saturated rings. The van der Waals surface area contributed by atoms with Gasteiger partial charge in [0.15, 0.2) is 5.79 Å². The third-order valence-corrected chi connectivity index (χ3v) is 21.8. The fourth-order valence-corrected chi connectivity index (χ4v) is 16.4. The maximum absolute atomic E-state index is 14.6. The van der Waals surface area contributed by atoms with Crippen LogP contribution < -0.4 is 32.3 Å². The number of primary amides is 1. The Balaban J connectivity index is 0.669. The molecule has 2 unspecified atom stereocenters. The number of carbonyl (C=O) groups excluding carboxylic acids is 8. The third kappa shape index (κ3) is 18.4. The molecule has 8 amide bonds. The summed E-state index contributed by atoms with van der Waals surface area (Å²) in [6.07, 6.45) is 4.09. The zero-order valence-electron chi connectivity index (χ0n) is 58.2. The first kappa shape index (κ1) is 74.9. The Kier molecular flexibility index (Phi) is 25.4. The Hall–Kier alpha value is -6.28. The number of Topliss-reactive ketones (excluding diaryl/α,β-unsaturated/α-hetero) is 1. The summed E-state index contributed by atoms with van der Waals surface area (Å²) in [6, 6.07) is 3.71. The van der Waals surface area contributed by atoms with Gasteiger partial charge in [0.05, 0.1) is 118 Å². The van der Waals surface area contributed by atoms with E-state index in [1.54, 1.807) is 52.3 Å². The number of alkyl carbamates (subject to hydrolysis) is 1. The molecule has 1 aromatic rings. The van der Waals surface area contributed by atoms with E-state index in [2.05, 4.69) is 46.7 Å². The normalized spacial score (nSPS) is 34.7. The molecule has 13 rings (SSSR count). The fraction of sp³-hybridized carbons (Fsp3) is 0.722. The molecular formula is C72H103N7O21. The van der Waals surface area contributed by atoms with Gasteiger partial charge in [-0.2, -0.15) is 0 Å². The minimum atomic E-state index is -1.45. The standard InChI is InChI=1S/C72H103N7O21/c1-38(2)62(78-57(81)21-25-91-27-28-92-26-24-79-58(82)18-19-59(79)83)69(85)77-50(9-8-23-74-70(73)86)68(84)76-43-12-10-42(11-13-43)37-93-71(87)75-36-48(89-6)33-55-63(90-7)49-32-44(80)31-46-15-17-52-64(96-46)67-61-65(98-52)60-56(99-66(60)61)35-72(88,100-67)22-20-47-30-40(4)51(94-47)16-14-45-29-39(3)41(5)53(95-45)34-54(49)97-55/h10-13,18-19,38-39,45-56,60-67,88H,4-5,8-9,14-17,20-37H2,1-3,6-7H3,(H,75,87)(H,76,84)(H,77,85)(H,78,81)(H3,73,74,86)/t39-,45+,46-,47+,48+,49+,50+,51+,52+,53-,54+,55-,56-,60+,61?,62+,63-,64+,65+,66?,67-,72+/m1/s1. The number of ether oxygens (including phenoxy) is 12. The Morgan fingerprint density at radius 1 is 0.750 bits per heavy atom. The van der Waals surface area contributed by atoms with Crippen molar-refractivity contribution in [2.24, 2.45) is 35.3 Å². The molecule has 100 heavy (non-hydrogen) atoms. The number of urea groups is 1. The van der Waals surface area contributed by atoms with Crippen molar-refractivity contribution >= 4 is 53.1 Å². The van der Waals surface area contributed by atoms with Crippen LogP contribution in [-0.2, 0) is 92.2 Å². The van der Waals surface area contributed by atoms with Crippen LogP contribution in [0.5, 0.6) is 0 Å². The highest BCUT2D eigenvalue weighted by molar-refractivity contribution is 6.12. The molecule has 12 aliphatic rings. The second-order valence-corrected chi connectivity index (χ2v) is 29.1. The van der Waals surface area contributed by atoms with E-state index in [-0.39, 0.29) is 169 Å². The highest BCUT2D eigenvalue weighted by Crippen LogP contribution is 2.61. The van der Waals surface area contributed by atoms with Crippen LogP contribution in [0.2, 0.25) is 0 Å². The number of methoxy groups -OCH3 is 2. The van der Waals surface area contributed by atoms with Crippen molar-refractivity contribution in [3.8, 4) is 0 Å². The van der Waals surface area contributed by atoms with Gasteiger partial charge in [-0.05, 0) is 98.5 Å². The van der Waals surface area contributed by atoms with E-state index in [9.17, 15) is 43.5 Å². The maximum atomic E-state index is 14.6. The van der Waals surface area contributed by atoms with E-state index in [4.69, 9.17) is 62.6 Å². The number of benzene rings is 1. The van der Waals surface area contributed by atoms with Crippen molar-refractivity contribution in [2.45, 2.75) is 240 Å². The molecule has 1 aliphatic carbocycles. The fourth-order valence-electron chi connectivity index (χ4n) is 16.4. The number of aliphatic hydroxyl groups is 1. The van der Waals surface area contributed by atoms with Gasteiger partial charge in [-0.3, -0.25) is 33.7 Å². The number of amides is 8. The number of nitrogens with two attached hydrogens (primary N) is 1. The van der Waals surface area contributed by atoms with Crippen molar-refractivity contribution in [3.05, 3.63) is 66.3 Å². The van der Waals surface area contributed by atoms with Gasteiger partial charge < -0.3 is 94.3 Å². The summed E-state index contributed by atoms with van der Waals surface area (Å²) < 4.78 is 76.5. The highest BCUT2D eigenvalue weighted by atomic mass is 16.7. The molecule has 1 saturated carbocycles. The van der Waals surface area contributed by atoms with Crippen LogP contribution in [-0.4, -0.2) is 227 Å². The van der Waals surface area contributed by atoms with Gasteiger partial charge in [0.1, 0.15) is 30.6 Å². The summed E-state index contributed by atoms with van der Waals surface area (Å²) in [5.74, 6) is -4.35. The number of carbonyl (C=O) groups is 8. The molecule has 28 nitrogen and oxygen atoms in total. The summed E-state index contributed by atoms with van der Waals surface area (Å²) in [5, 5.41) is 26.0. The zero-order valence-corrected chi connectivity index (χ0v) is 58.2. The quantitative estimate of drug-likeness (QED) is 0.0367. The first-order valence-corrected chi connectivity index (χ1v) is 35.9. The van der Waals surface area contributed by atoms with E-state index < -0.39 is 102 Å². The number of hydrogen-bond donors (Lipinski definition) is 7. The van der Waals surface area contributed by atoms with E-state index >= 15 is 0 Å². The lowest BCUT2D eigenvalue weighted by molar-refractivity contribution is -0.444. The predicted octanol–water partition coefficient (Wildman–Crippen LogP) is 4.26. The third-order valence-electron chi connectivity index (χ3n) is 21.8. The zero-order chi connectivity index (χ0) is 70.9. The van der Waals surface area contributed by atoms with Gasteiger partial charge in [0, 0.05) is 108 Å². The Morgan fingerprint density at radius 2 is 1.47 bits per heavy atom. The average molecular weight is 1400 g/mol. The van der Waals surface area contributed by atoms with Gasteiger partial charge in [-0.1, -0.05) is 46.1 Å². The topological polar surface area (TPSA) is 357 Å². The van der Waals surface area contributed by atoms with Crippen LogP contribution in [0.3, 0.4) is 0 Å². The first-order valence-electron chi connectivity index (χ1n) is 35.9. The summed E-state index contributed by atoms with van der Waals surface area (Å²) in [6.45, 7) is 15.3. The molecule has 0 aromatic heterocycles. The van der Waals surface area contributed by atoms with Crippen molar-refractivity contribution in [1.29, 1.82) is 0 Å². The van der Waals surface area contributed by atoms with Crippen LogP contribution >= 0.6 is 0 Å². The number of fused-ring (bicyclic) bond motifs is 6.